The van der Waals surface area contributed by atoms with Crippen LogP contribution in [0.25, 0.3) is 11.3 Å². The predicted molar refractivity (Wildman–Crippen MR) is 109 cm³/mol. The molecular formula is C19H17N3O4S2. The number of thiazole rings is 1. The molecule has 144 valence electrons. The first-order valence-corrected chi connectivity index (χ1v) is 10.6. The van der Waals surface area contributed by atoms with Crippen LogP contribution < -0.4 is 10.0 Å². The Balaban J connectivity index is 1.79. The largest absolute Gasteiger partial charge is 0.326 e. The van der Waals surface area contributed by atoms with E-state index < -0.39 is 10.0 Å². The first kappa shape index (κ1) is 19.7. The van der Waals surface area contributed by atoms with E-state index in [-0.39, 0.29) is 21.7 Å². The van der Waals surface area contributed by atoms with Gasteiger partial charge in [0.05, 0.1) is 10.6 Å². The lowest BCUT2D eigenvalue weighted by Gasteiger charge is -2.06. The third kappa shape index (κ3) is 4.62. The van der Waals surface area contributed by atoms with Gasteiger partial charge in [0.25, 0.3) is 10.0 Å². The molecule has 1 aromatic heterocycles. The lowest BCUT2D eigenvalue weighted by Crippen LogP contribution is -2.13. The number of ketones is 1. The molecule has 0 saturated heterocycles. The van der Waals surface area contributed by atoms with Crippen LogP contribution in [0.2, 0.25) is 0 Å². The van der Waals surface area contributed by atoms with Gasteiger partial charge in [-0.2, -0.15) is 0 Å². The van der Waals surface area contributed by atoms with Crippen molar-refractivity contribution in [3.63, 3.8) is 0 Å². The SMILES string of the molecule is CC(=O)Nc1ccc(-c2csc(NS(=O)(=O)c3cccc(C(C)=O)c3)n2)cc1. The molecule has 2 N–H and O–H groups in total. The minimum atomic E-state index is -3.86. The summed E-state index contributed by atoms with van der Waals surface area (Å²) in [6, 6.07) is 12.9. The number of sulfonamides is 1. The number of aromatic nitrogens is 1. The molecule has 0 aliphatic heterocycles. The van der Waals surface area contributed by atoms with E-state index in [0.717, 1.165) is 16.9 Å². The Morgan fingerprint density at radius 3 is 2.39 bits per heavy atom. The molecule has 1 amide bonds. The summed E-state index contributed by atoms with van der Waals surface area (Å²) in [4.78, 5) is 26.9. The van der Waals surface area contributed by atoms with E-state index in [4.69, 9.17) is 0 Å². The molecule has 0 saturated carbocycles. The second-order valence-corrected chi connectivity index (χ2v) is 8.53. The Kier molecular flexibility index (Phi) is 5.57. The number of rotatable bonds is 6. The second-order valence-electron chi connectivity index (χ2n) is 5.99. The number of anilines is 2. The summed E-state index contributed by atoms with van der Waals surface area (Å²) >= 11 is 1.15. The number of hydrogen-bond donors (Lipinski definition) is 2. The van der Waals surface area contributed by atoms with Crippen molar-refractivity contribution in [2.45, 2.75) is 18.7 Å². The van der Waals surface area contributed by atoms with Gasteiger partial charge >= 0.3 is 0 Å². The predicted octanol–water partition coefficient (Wildman–Crippen LogP) is 3.77. The van der Waals surface area contributed by atoms with Gasteiger partial charge in [0.15, 0.2) is 10.9 Å². The van der Waals surface area contributed by atoms with Crippen LogP contribution in [0.3, 0.4) is 0 Å². The van der Waals surface area contributed by atoms with E-state index in [2.05, 4.69) is 15.0 Å². The maximum absolute atomic E-state index is 12.6. The van der Waals surface area contributed by atoms with Crippen molar-refractivity contribution in [1.29, 1.82) is 0 Å². The van der Waals surface area contributed by atoms with Crippen LogP contribution in [-0.4, -0.2) is 25.1 Å². The zero-order valence-corrected chi connectivity index (χ0v) is 16.7. The highest BCUT2D eigenvalue weighted by atomic mass is 32.2. The number of benzene rings is 2. The third-order valence-corrected chi connectivity index (χ3v) is 6.00. The number of nitrogens with zero attached hydrogens (tertiary/aromatic N) is 1. The molecule has 3 rings (SSSR count). The Labute approximate surface area is 166 Å². The molecule has 9 heteroatoms. The molecule has 0 aliphatic carbocycles. The van der Waals surface area contributed by atoms with Gasteiger partial charge in [-0.05, 0) is 31.2 Å². The van der Waals surface area contributed by atoms with Crippen molar-refractivity contribution in [1.82, 2.24) is 4.98 Å². The Morgan fingerprint density at radius 2 is 1.75 bits per heavy atom. The van der Waals surface area contributed by atoms with Gasteiger partial charge < -0.3 is 5.32 Å². The van der Waals surface area contributed by atoms with Gasteiger partial charge in [-0.15, -0.1) is 11.3 Å². The minimum Gasteiger partial charge on any atom is -0.326 e. The summed E-state index contributed by atoms with van der Waals surface area (Å²) in [7, 11) is -3.86. The van der Waals surface area contributed by atoms with E-state index in [9.17, 15) is 18.0 Å². The van der Waals surface area contributed by atoms with E-state index in [0.29, 0.717) is 16.9 Å². The molecule has 0 spiro atoms. The molecule has 3 aromatic rings. The summed E-state index contributed by atoms with van der Waals surface area (Å²) in [5.41, 5.74) is 2.38. The molecule has 7 nitrogen and oxygen atoms in total. The lowest BCUT2D eigenvalue weighted by atomic mass is 10.1. The molecular weight excluding hydrogens is 398 g/mol. The smallest absolute Gasteiger partial charge is 0.263 e. The summed E-state index contributed by atoms with van der Waals surface area (Å²) < 4.78 is 27.6. The van der Waals surface area contributed by atoms with Crippen molar-refractivity contribution in [3.05, 3.63) is 59.5 Å². The minimum absolute atomic E-state index is 0.00314. The summed E-state index contributed by atoms with van der Waals surface area (Å²) in [5, 5.41) is 4.63. The van der Waals surface area contributed by atoms with Gasteiger partial charge in [0.1, 0.15) is 0 Å². The van der Waals surface area contributed by atoms with Crippen LogP contribution >= 0.6 is 11.3 Å². The highest BCUT2D eigenvalue weighted by Gasteiger charge is 2.17. The van der Waals surface area contributed by atoms with Crippen molar-refractivity contribution >= 4 is 43.9 Å². The maximum Gasteiger partial charge on any atom is 0.263 e. The van der Waals surface area contributed by atoms with Gasteiger partial charge in [0, 0.05) is 29.1 Å². The monoisotopic (exact) mass is 415 g/mol. The fraction of sp³-hybridized carbons (Fsp3) is 0.105. The maximum atomic E-state index is 12.6. The number of carbonyl (C=O) groups excluding carboxylic acids is 2. The molecule has 28 heavy (non-hydrogen) atoms. The number of carbonyl (C=O) groups is 2. The quantitative estimate of drug-likeness (QED) is 0.596. The topological polar surface area (TPSA) is 105 Å². The molecule has 0 atom stereocenters. The highest BCUT2D eigenvalue weighted by molar-refractivity contribution is 7.93. The molecule has 0 aliphatic rings. The zero-order chi connectivity index (χ0) is 20.3. The first-order valence-electron chi connectivity index (χ1n) is 8.22. The van der Waals surface area contributed by atoms with E-state index in [1.54, 1.807) is 35.7 Å². The van der Waals surface area contributed by atoms with Crippen molar-refractivity contribution < 1.29 is 18.0 Å². The van der Waals surface area contributed by atoms with Crippen molar-refractivity contribution in [2.24, 2.45) is 0 Å². The van der Waals surface area contributed by atoms with Crippen LogP contribution in [0, 0.1) is 0 Å². The van der Waals surface area contributed by atoms with E-state index >= 15 is 0 Å². The van der Waals surface area contributed by atoms with E-state index in [1.807, 2.05) is 0 Å². The summed E-state index contributed by atoms with van der Waals surface area (Å²) in [5.74, 6) is -0.372. The molecule has 0 radical (unpaired) electrons. The van der Waals surface area contributed by atoms with Crippen LogP contribution in [0.1, 0.15) is 24.2 Å². The Bertz CT molecular complexity index is 1140. The van der Waals surface area contributed by atoms with Crippen LogP contribution in [-0.2, 0) is 14.8 Å². The molecule has 2 aromatic carbocycles. The lowest BCUT2D eigenvalue weighted by molar-refractivity contribution is -0.114. The average molecular weight is 415 g/mol. The van der Waals surface area contributed by atoms with Crippen molar-refractivity contribution in [3.8, 4) is 11.3 Å². The summed E-state index contributed by atoms with van der Waals surface area (Å²) in [6.45, 7) is 2.81. The Hall–Kier alpha value is -3.04. The number of hydrogen-bond acceptors (Lipinski definition) is 6. The summed E-state index contributed by atoms with van der Waals surface area (Å²) in [6.07, 6.45) is 0. The Morgan fingerprint density at radius 1 is 1.04 bits per heavy atom. The first-order chi connectivity index (χ1) is 13.2. The fourth-order valence-electron chi connectivity index (χ4n) is 2.44. The highest BCUT2D eigenvalue weighted by Crippen LogP contribution is 2.27. The van der Waals surface area contributed by atoms with Crippen LogP contribution in [0.5, 0.6) is 0 Å². The third-order valence-electron chi connectivity index (χ3n) is 3.78. The molecule has 0 fully saturated rings. The standard InChI is InChI=1S/C19H17N3O4S2/c1-12(23)15-4-3-5-17(10-15)28(25,26)22-19-21-18(11-27-19)14-6-8-16(9-7-14)20-13(2)24/h3-11H,1-2H3,(H,20,24)(H,21,22). The van der Waals surface area contributed by atoms with Gasteiger partial charge in [0.2, 0.25) is 5.91 Å². The average Bonchev–Trinajstić information content (AvgIpc) is 3.09. The number of nitrogens with one attached hydrogen (secondary N) is 2. The van der Waals surface area contributed by atoms with Crippen LogP contribution in [0.15, 0.2) is 58.8 Å². The van der Waals surface area contributed by atoms with Gasteiger partial charge in [-0.3, -0.25) is 14.3 Å². The molecule has 0 unspecified atom stereocenters. The van der Waals surface area contributed by atoms with E-state index in [1.165, 1.54) is 32.0 Å². The number of Topliss-reactive ketones (excluding diaryl/α,β-unsaturated/α-hetero) is 1. The fourth-order valence-corrected chi connectivity index (χ4v) is 4.45. The normalized spacial score (nSPS) is 11.1. The van der Waals surface area contributed by atoms with Crippen LogP contribution in [0.4, 0.5) is 10.8 Å². The zero-order valence-electron chi connectivity index (χ0n) is 15.1. The molecule has 0 bridgehead atoms. The number of amides is 1. The van der Waals surface area contributed by atoms with Crippen molar-refractivity contribution in [2.75, 3.05) is 10.0 Å². The van der Waals surface area contributed by atoms with Gasteiger partial charge in [-0.1, -0.05) is 24.3 Å². The van der Waals surface area contributed by atoms with Gasteiger partial charge in [-0.25, -0.2) is 13.4 Å². The molecule has 1 heterocycles. The second kappa shape index (κ2) is 7.91.